The lowest BCUT2D eigenvalue weighted by atomic mass is 10.2. The van der Waals surface area contributed by atoms with Crippen molar-refractivity contribution >= 4 is 34.5 Å². The Labute approximate surface area is 142 Å². The van der Waals surface area contributed by atoms with Gasteiger partial charge in [-0.15, -0.1) is 11.3 Å². The lowest BCUT2D eigenvalue weighted by molar-refractivity contribution is 0.0989. The topological polar surface area (TPSA) is 20.3 Å². The number of thiophene rings is 1. The molecule has 0 saturated carbocycles. The van der Waals surface area contributed by atoms with Gasteiger partial charge in [0.05, 0.1) is 11.4 Å². The largest absolute Gasteiger partial charge is 0.303 e. The SMILES string of the molecule is O=C(c1cccs1)N(Cc1ccc(Cl)cc1)c1ccc(F)cc1. The van der Waals surface area contributed by atoms with Crippen molar-refractivity contribution in [2.75, 3.05) is 4.90 Å². The summed E-state index contributed by atoms with van der Waals surface area (Å²) in [5.74, 6) is -0.440. The molecule has 3 aromatic rings. The fourth-order valence-electron chi connectivity index (χ4n) is 2.21. The Kier molecular flexibility index (Phi) is 4.74. The Bertz CT molecular complexity index is 785. The van der Waals surface area contributed by atoms with Crippen molar-refractivity contribution in [1.29, 1.82) is 0 Å². The number of carbonyl (C=O) groups excluding carboxylic acids is 1. The predicted molar refractivity (Wildman–Crippen MR) is 92.7 cm³/mol. The average Bonchev–Trinajstić information content (AvgIpc) is 3.09. The van der Waals surface area contributed by atoms with E-state index in [0.717, 1.165) is 5.56 Å². The van der Waals surface area contributed by atoms with E-state index in [1.54, 1.807) is 35.2 Å². The second-order valence-electron chi connectivity index (χ2n) is 4.97. The number of carbonyl (C=O) groups is 1. The van der Waals surface area contributed by atoms with Crippen LogP contribution in [-0.4, -0.2) is 5.91 Å². The maximum absolute atomic E-state index is 13.2. The molecule has 0 N–H and O–H groups in total. The zero-order valence-electron chi connectivity index (χ0n) is 12.1. The molecule has 0 bridgehead atoms. The van der Waals surface area contributed by atoms with Crippen LogP contribution >= 0.6 is 22.9 Å². The normalized spacial score (nSPS) is 10.5. The maximum Gasteiger partial charge on any atom is 0.268 e. The van der Waals surface area contributed by atoms with Gasteiger partial charge in [0.2, 0.25) is 0 Å². The van der Waals surface area contributed by atoms with E-state index in [1.807, 2.05) is 23.6 Å². The van der Waals surface area contributed by atoms with Crippen molar-refractivity contribution in [1.82, 2.24) is 0 Å². The zero-order valence-corrected chi connectivity index (χ0v) is 13.7. The van der Waals surface area contributed by atoms with Crippen LogP contribution in [0.2, 0.25) is 5.02 Å². The van der Waals surface area contributed by atoms with Crippen LogP contribution in [0.1, 0.15) is 15.2 Å². The van der Waals surface area contributed by atoms with Gasteiger partial charge in [-0.25, -0.2) is 4.39 Å². The highest BCUT2D eigenvalue weighted by Crippen LogP contribution is 2.23. The van der Waals surface area contributed by atoms with E-state index < -0.39 is 0 Å². The number of hydrogen-bond donors (Lipinski definition) is 0. The molecule has 2 aromatic carbocycles. The minimum Gasteiger partial charge on any atom is -0.303 e. The van der Waals surface area contributed by atoms with Gasteiger partial charge in [0.1, 0.15) is 5.82 Å². The molecule has 0 saturated heterocycles. The standard InChI is InChI=1S/C18H13ClFNOS/c19-14-5-3-13(4-6-14)12-21(16-9-7-15(20)8-10-16)18(22)17-2-1-11-23-17/h1-11H,12H2. The van der Waals surface area contributed by atoms with Gasteiger partial charge in [0.15, 0.2) is 0 Å². The van der Waals surface area contributed by atoms with Gasteiger partial charge >= 0.3 is 0 Å². The van der Waals surface area contributed by atoms with Crippen molar-refractivity contribution < 1.29 is 9.18 Å². The molecule has 2 nitrogen and oxygen atoms in total. The van der Waals surface area contributed by atoms with Crippen LogP contribution in [-0.2, 0) is 6.54 Å². The quantitative estimate of drug-likeness (QED) is 0.621. The van der Waals surface area contributed by atoms with Crippen molar-refractivity contribution in [3.63, 3.8) is 0 Å². The molecule has 116 valence electrons. The van der Waals surface area contributed by atoms with Crippen molar-refractivity contribution in [2.24, 2.45) is 0 Å². The molecule has 0 aliphatic heterocycles. The molecule has 0 radical (unpaired) electrons. The number of halogens is 2. The molecule has 0 aliphatic carbocycles. The van der Waals surface area contributed by atoms with Gasteiger partial charge in [-0.1, -0.05) is 29.8 Å². The Morgan fingerprint density at radius 3 is 2.35 bits per heavy atom. The average molecular weight is 346 g/mol. The molecule has 0 fully saturated rings. The monoisotopic (exact) mass is 345 g/mol. The van der Waals surface area contributed by atoms with E-state index in [-0.39, 0.29) is 11.7 Å². The number of hydrogen-bond acceptors (Lipinski definition) is 2. The second kappa shape index (κ2) is 6.94. The fourth-order valence-corrected chi connectivity index (χ4v) is 3.00. The predicted octanol–water partition coefficient (Wildman–Crippen LogP) is 5.39. The summed E-state index contributed by atoms with van der Waals surface area (Å²) in [4.78, 5) is 15.1. The summed E-state index contributed by atoms with van der Waals surface area (Å²) in [6, 6.07) is 16.9. The number of benzene rings is 2. The summed E-state index contributed by atoms with van der Waals surface area (Å²) in [5.41, 5.74) is 1.60. The minimum atomic E-state index is -0.330. The Balaban J connectivity index is 1.94. The Morgan fingerprint density at radius 1 is 1.04 bits per heavy atom. The second-order valence-corrected chi connectivity index (χ2v) is 6.36. The summed E-state index contributed by atoms with van der Waals surface area (Å²) in [6.45, 7) is 0.388. The minimum absolute atomic E-state index is 0.110. The lowest BCUT2D eigenvalue weighted by Gasteiger charge is -2.22. The molecular formula is C18H13ClFNOS. The van der Waals surface area contributed by atoms with E-state index in [9.17, 15) is 9.18 Å². The van der Waals surface area contributed by atoms with Crippen LogP contribution in [0.4, 0.5) is 10.1 Å². The molecule has 0 unspecified atom stereocenters. The third-order valence-corrected chi connectivity index (χ3v) is 4.48. The summed E-state index contributed by atoms with van der Waals surface area (Å²) in [7, 11) is 0. The van der Waals surface area contributed by atoms with Gasteiger partial charge in [-0.05, 0) is 53.4 Å². The third-order valence-electron chi connectivity index (χ3n) is 3.37. The van der Waals surface area contributed by atoms with Gasteiger partial charge in [0.25, 0.3) is 5.91 Å². The first-order valence-electron chi connectivity index (χ1n) is 6.99. The number of amides is 1. The van der Waals surface area contributed by atoms with Crippen molar-refractivity contribution in [3.8, 4) is 0 Å². The molecule has 23 heavy (non-hydrogen) atoms. The van der Waals surface area contributed by atoms with E-state index in [2.05, 4.69) is 0 Å². The van der Waals surface area contributed by atoms with Crippen LogP contribution in [0.15, 0.2) is 66.0 Å². The highest BCUT2D eigenvalue weighted by molar-refractivity contribution is 7.12. The molecule has 0 aliphatic rings. The first kappa shape index (κ1) is 15.7. The maximum atomic E-state index is 13.2. The Hall–Kier alpha value is -2.17. The smallest absolute Gasteiger partial charge is 0.268 e. The number of rotatable bonds is 4. The molecular weight excluding hydrogens is 333 g/mol. The lowest BCUT2D eigenvalue weighted by Crippen LogP contribution is -2.29. The van der Waals surface area contributed by atoms with E-state index in [4.69, 9.17) is 11.6 Å². The third kappa shape index (κ3) is 3.78. The molecule has 1 amide bonds. The molecule has 5 heteroatoms. The number of anilines is 1. The molecule has 1 heterocycles. The highest BCUT2D eigenvalue weighted by Gasteiger charge is 2.19. The summed E-state index contributed by atoms with van der Waals surface area (Å²) < 4.78 is 13.2. The van der Waals surface area contributed by atoms with Gasteiger partial charge in [0, 0.05) is 10.7 Å². The first-order chi connectivity index (χ1) is 11.1. The summed E-state index contributed by atoms with van der Waals surface area (Å²) in [6.07, 6.45) is 0. The van der Waals surface area contributed by atoms with Gasteiger partial charge < -0.3 is 4.90 Å². The zero-order chi connectivity index (χ0) is 16.2. The molecule has 1 aromatic heterocycles. The van der Waals surface area contributed by atoms with E-state index >= 15 is 0 Å². The first-order valence-corrected chi connectivity index (χ1v) is 8.24. The summed E-state index contributed by atoms with van der Waals surface area (Å²) >= 11 is 7.29. The highest BCUT2D eigenvalue weighted by atomic mass is 35.5. The van der Waals surface area contributed by atoms with Crippen molar-refractivity contribution in [3.05, 3.63) is 87.3 Å². The Morgan fingerprint density at radius 2 is 1.74 bits per heavy atom. The van der Waals surface area contributed by atoms with Crippen molar-refractivity contribution in [2.45, 2.75) is 6.54 Å². The van der Waals surface area contributed by atoms with Crippen LogP contribution in [0.5, 0.6) is 0 Å². The molecule has 3 rings (SSSR count). The van der Waals surface area contributed by atoms with Crippen LogP contribution in [0.3, 0.4) is 0 Å². The molecule has 0 spiro atoms. The van der Waals surface area contributed by atoms with Crippen LogP contribution in [0, 0.1) is 5.82 Å². The molecule has 0 atom stereocenters. The van der Waals surface area contributed by atoms with E-state index in [1.165, 1.54) is 23.5 Å². The van der Waals surface area contributed by atoms with Crippen LogP contribution < -0.4 is 4.90 Å². The van der Waals surface area contributed by atoms with Gasteiger partial charge in [-0.3, -0.25) is 4.79 Å². The summed E-state index contributed by atoms with van der Waals surface area (Å²) in [5, 5.41) is 2.50. The fraction of sp³-hybridized carbons (Fsp3) is 0.0556. The number of nitrogens with zero attached hydrogens (tertiary/aromatic N) is 1. The van der Waals surface area contributed by atoms with E-state index in [0.29, 0.717) is 22.1 Å². The van der Waals surface area contributed by atoms with Crippen LogP contribution in [0.25, 0.3) is 0 Å². The van der Waals surface area contributed by atoms with Gasteiger partial charge in [-0.2, -0.15) is 0 Å².